The number of carbonyl (C=O) groups is 3. The third-order valence-electron chi connectivity index (χ3n) is 1.87. The molecule has 1 aliphatic rings. The fraction of sp³-hybridized carbons (Fsp3) is 0.286. The van der Waals surface area contributed by atoms with Gasteiger partial charge in [-0.1, -0.05) is 6.08 Å². The number of carbonyl (C=O) groups excluding carboxylic acids is 3. The zero-order valence-electron chi connectivity index (χ0n) is 7.16. The molecule has 7 nitrogen and oxygen atoms in total. The summed E-state index contributed by atoms with van der Waals surface area (Å²) in [6.07, 6.45) is 1.15. The normalized spacial score (nSPS) is 19.9. The van der Waals surface area contributed by atoms with Gasteiger partial charge in [-0.05, 0) is 0 Å². The van der Waals surface area contributed by atoms with E-state index in [2.05, 4.69) is 6.58 Å². The van der Waals surface area contributed by atoms with Gasteiger partial charge in [0, 0.05) is 6.42 Å². The molecule has 0 aliphatic carbocycles. The molecule has 0 bridgehead atoms. The maximum atomic E-state index is 11.3. The Bertz CT molecular complexity index is 292. The lowest BCUT2D eigenvalue weighted by molar-refractivity contribution is -0.145. The van der Waals surface area contributed by atoms with E-state index in [-0.39, 0.29) is 6.42 Å². The van der Waals surface area contributed by atoms with Crippen molar-refractivity contribution in [3.05, 3.63) is 12.7 Å². The summed E-state index contributed by atoms with van der Waals surface area (Å²) in [6, 6.07) is -0.907. The van der Waals surface area contributed by atoms with E-state index in [1.165, 1.54) is 6.08 Å². The Morgan fingerprint density at radius 1 is 1.36 bits per heavy atom. The van der Waals surface area contributed by atoms with Crippen LogP contribution in [0.2, 0.25) is 0 Å². The van der Waals surface area contributed by atoms with Crippen molar-refractivity contribution in [1.82, 2.24) is 16.1 Å². The highest BCUT2D eigenvalue weighted by Crippen LogP contribution is 2.13. The largest absolute Gasteiger partial charge is 0.328 e. The summed E-state index contributed by atoms with van der Waals surface area (Å²) in [5.74, 6) is -1.82. The van der Waals surface area contributed by atoms with Gasteiger partial charge in [0.2, 0.25) is 5.54 Å². The van der Waals surface area contributed by atoms with Gasteiger partial charge in [-0.15, -0.1) is 6.58 Å². The topological polar surface area (TPSA) is 108 Å². The predicted octanol–water partition coefficient (Wildman–Crippen LogP) is -1.35. The standard InChI is InChI=1S/C7H9N3O4/c1-2-3-7(10-14)4(11)8-6(13)9-5(7)12/h2,10,14H,1,3H2,(H2,8,9,11,12,13). The SMILES string of the molecule is C=CCC1(NO)C(=O)NC(=O)NC1=O. The summed E-state index contributed by atoms with van der Waals surface area (Å²) in [7, 11) is 0. The quantitative estimate of drug-likeness (QED) is 0.255. The monoisotopic (exact) mass is 199 g/mol. The van der Waals surface area contributed by atoms with Crippen LogP contribution >= 0.6 is 0 Å². The number of barbiturate groups is 1. The van der Waals surface area contributed by atoms with Crippen molar-refractivity contribution in [3.63, 3.8) is 0 Å². The molecule has 0 spiro atoms. The molecule has 1 aliphatic heterocycles. The Labute approximate surface area is 79.1 Å². The Morgan fingerprint density at radius 3 is 2.21 bits per heavy atom. The Balaban J connectivity index is 3.03. The van der Waals surface area contributed by atoms with Crippen molar-refractivity contribution in [1.29, 1.82) is 0 Å². The Hall–Kier alpha value is -1.73. The molecular weight excluding hydrogens is 190 g/mol. The highest BCUT2D eigenvalue weighted by molar-refractivity contribution is 6.22. The molecule has 1 rings (SSSR count). The number of nitrogens with one attached hydrogen (secondary N) is 3. The molecule has 4 N–H and O–H groups in total. The van der Waals surface area contributed by atoms with Gasteiger partial charge in [0.15, 0.2) is 0 Å². The number of imide groups is 2. The summed E-state index contributed by atoms with van der Waals surface area (Å²) in [5, 5.41) is 12.5. The van der Waals surface area contributed by atoms with Crippen molar-refractivity contribution in [3.8, 4) is 0 Å². The highest BCUT2D eigenvalue weighted by Gasteiger charge is 2.49. The maximum Gasteiger partial charge on any atom is 0.328 e. The number of hydrogen-bond donors (Lipinski definition) is 4. The van der Waals surface area contributed by atoms with E-state index in [0.717, 1.165) is 0 Å². The summed E-state index contributed by atoms with van der Waals surface area (Å²) >= 11 is 0. The third kappa shape index (κ3) is 1.38. The van der Waals surface area contributed by atoms with Crippen molar-refractivity contribution in [2.24, 2.45) is 0 Å². The van der Waals surface area contributed by atoms with Crippen LogP contribution in [0, 0.1) is 0 Å². The molecule has 0 radical (unpaired) electrons. The van der Waals surface area contributed by atoms with E-state index in [0.29, 0.717) is 0 Å². The molecule has 0 saturated carbocycles. The smallest absolute Gasteiger partial charge is 0.315 e. The van der Waals surface area contributed by atoms with Crippen LogP contribution < -0.4 is 16.1 Å². The molecule has 0 unspecified atom stereocenters. The van der Waals surface area contributed by atoms with Gasteiger partial charge in [0.05, 0.1) is 0 Å². The van der Waals surface area contributed by atoms with E-state index in [1.807, 2.05) is 10.6 Å². The lowest BCUT2D eigenvalue weighted by Gasteiger charge is -2.31. The molecule has 1 heterocycles. The van der Waals surface area contributed by atoms with Crippen LogP contribution in [0.25, 0.3) is 0 Å². The highest BCUT2D eigenvalue weighted by atomic mass is 16.5. The molecule has 0 aromatic heterocycles. The van der Waals surface area contributed by atoms with Crippen LogP contribution in [0.1, 0.15) is 6.42 Å². The molecule has 76 valence electrons. The van der Waals surface area contributed by atoms with Gasteiger partial charge in [-0.3, -0.25) is 20.2 Å². The maximum absolute atomic E-state index is 11.3. The van der Waals surface area contributed by atoms with E-state index >= 15 is 0 Å². The van der Waals surface area contributed by atoms with Crippen LogP contribution in [-0.2, 0) is 9.59 Å². The zero-order valence-corrected chi connectivity index (χ0v) is 7.16. The lowest BCUT2D eigenvalue weighted by atomic mass is 9.92. The van der Waals surface area contributed by atoms with E-state index in [4.69, 9.17) is 5.21 Å². The number of urea groups is 1. The van der Waals surface area contributed by atoms with Crippen molar-refractivity contribution in [2.45, 2.75) is 12.0 Å². The van der Waals surface area contributed by atoms with Crippen molar-refractivity contribution >= 4 is 17.8 Å². The average Bonchev–Trinajstić information content (AvgIpc) is 2.11. The molecule has 1 saturated heterocycles. The first kappa shape index (κ1) is 10.4. The minimum atomic E-state index is -1.87. The molecule has 0 aromatic carbocycles. The minimum Gasteiger partial charge on any atom is -0.315 e. The second-order valence-electron chi connectivity index (χ2n) is 2.75. The van der Waals surface area contributed by atoms with Crippen LogP contribution in [0.15, 0.2) is 12.7 Å². The van der Waals surface area contributed by atoms with Gasteiger partial charge in [-0.25, -0.2) is 4.79 Å². The van der Waals surface area contributed by atoms with Gasteiger partial charge in [-0.2, -0.15) is 5.48 Å². The second-order valence-corrected chi connectivity index (χ2v) is 2.75. The Kier molecular flexibility index (Phi) is 2.63. The van der Waals surface area contributed by atoms with Crippen LogP contribution in [0.4, 0.5) is 4.79 Å². The van der Waals surface area contributed by atoms with Crippen LogP contribution in [0.5, 0.6) is 0 Å². The Morgan fingerprint density at radius 2 is 1.86 bits per heavy atom. The van der Waals surface area contributed by atoms with E-state index in [1.54, 1.807) is 5.48 Å². The lowest BCUT2D eigenvalue weighted by Crippen LogP contribution is -2.71. The average molecular weight is 199 g/mol. The molecular formula is C7H9N3O4. The fourth-order valence-electron chi connectivity index (χ4n) is 1.10. The predicted molar refractivity (Wildman–Crippen MR) is 44.1 cm³/mol. The second kappa shape index (κ2) is 3.56. The van der Waals surface area contributed by atoms with Gasteiger partial charge >= 0.3 is 6.03 Å². The van der Waals surface area contributed by atoms with E-state index < -0.39 is 23.4 Å². The number of hydroxylamine groups is 1. The number of amides is 4. The van der Waals surface area contributed by atoms with Gasteiger partial charge in [0.1, 0.15) is 0 Å². The minimum absolute atomic E-state index is 0.131. The molecule has 14 heavy (non-hydrogen) atoms. The summed E-state index contributed by atoms with van der Waals surface area (Å²) in [5.41, 5.74) is -0.275. The fourth-order valence-corrected chi connectivity index (χ4v) is 1.10. The summed E-state index contributed by atoms with van der Waals surface area (Å²) < 4.78 is 0. The van der Waals surface area contributed by atoms with Gasteiger partial charge in [0.25, 0.3) is 11.8 Å². The van der Waals surface area contributed by atoms with Crippen molar-refractivity contribution < 1.29 is 19.6 Å². The van der Waals surface area contributed by atoms with Crippen LogP contribution in [0.3, 0.4) is 0 Å². The van der Waals surface area contributed by atoms with E-state index in [9.17, 15) is 14.4 Å². The van der Waals surface area contributed by atoms with Crippen LogP contribution in [-0.4, -0.2) is 28.6 Å². The summed E-state index contributed by atoms with van der Waals surface area (Å²) in [6.45, 7) is 3.34. The molecule has 0 atom stereocenters. The first-order valence-corrected chi connectivity index (χ1v) is 3.76. The zero-order chi connectivity index (χ0) is 10.8. The van der Waals surface area contributed by atoms with Gasteiger partial charge < -0.3 is 5.21 Å². The molecule has 1 fully saturated rings. The third-order valence-corrected chi connectivity index (χ3v) is 1.87. The number of rotatable bonds is 3. The molecule has 0 aromatic rings. The molecule has 7 heteroatoms. The first-order chi connectivity index (χ1) is 6.56. The first-order valence-electron chi connectivity index (χ1n) is 3.76. The van der Waals surface area contributed by atoms with Crippen molar-refractivity contribution in [2.75, 3.05) is 0 Å². The number of hydrogen-bond acceptors (Lipinski definition) is 5. The summed E-state index contributed by atoms with van der Waals surface area (Å²) in [4.78, 5) is 33.3. The molecule has 4 amide bonds.